The Kier molecular flexibility index (Phi) is 19.6. The van der Waals surface area contributed by atoms with Crippen molar-refractivity contribution in [2.24, 2.45) is 5.41 Å². The van der Waals surface area contributed by atoms with Crippen molar-refractivity contribution in [2.75, 3.05) is 103 Å². The number of thiazole rings is 1. The van der Waals surface area contributed by atoms with E-state index in [1.807, 2.05) is 100 Å². The molecule has 6 aromatic rings. The number of nitrogens with one attached hydrogen (secondary N) is 2. The number of piperazine rings is 2. The maximum absolute atomic E-state index is 17.2. The number of piperidine rings is 1. The lowest BCUT2D eigenvalue weighted by molar-refractivity contribution is -0.144. The molecule has 86 heavy (non-hydrogen) atoms. The molecule has 4 N–H and O–H groups in total. The summed E-state index contributed by atoms with van der Waals surface area (Å²) in [5, 5.41) is 29.5. The van der Waals surface area contributed by atoms with Gasteiger partial charge in [0.1, 0.15) is 35.3 Å². The summed E-state index contributed by atoms with van der Waals surface area (Å²) in [6, 6.07) is 18.0. The average Bonchev–Trinajstić information content (AvgIpc) is 1.44. The summed E-state index contributed by atoms with van der Waals surface area (Å²) in [5.74, 6) is -1.42. The number of benzene rings is 4. The average molecular weight is 1220 g/mol. The van der Waals surface area contributed by atoms with Crippen molar-refractivity contribution in [1.82, 2.24) is 50.1 Å². The summed E-state index contributed by atoms with van der Waals surface area (Å²) in [6.45, 7) is 23.5. The number of aliphatic hydroxyl groups is 1. The lowest BCUT2D eigenvalue weighted by Gasteiger charge is -2.37. The Labute approximate surface area is 512 Å². The molecule has 4 fully saturated rings. The SMILES string of the molecule is C=CC(=O)N1CCN(c2nc(O[C@H](C)CN3CCN(CCOC4CCN(CC(=O)N[C@H](C(=O)N5C[C@H](O)C[C@H]5C(=O)N[C@@H](C)c5ccc(-c6scnc6C)cc5)C(C)(C)C)CC4)CC3)nc3c(F)c(-c4cc(O)cc5ccccc45)c(Cl)cc23)CC1.[HH]. The van der Waals surface area contributed by atoms with Crippen LogP contribution in [0.5, 0.6) is 11.8 Å². The first-order valence-electron chi connectivity index (χ1n) is 29.8. The fraction of sp³-hybridized carbons (Fsp3) is 0.484. The Morgan fingerprint density at radius 3 is 2.30 bits per heavy atom. The highest BCUT2D eigenvalue weighted by Gasteiger charge is 2.45. The Bertz CT molecular complexity index is 3440. The third kappa shape index (κ3) is 14.4. The first kappa shape index (κ1) is 62.2. The number of β-amino-alcohol motifs (C(OH)–C–C–N with tert-alkyl or cyclic N) is 1. The van der Waals surface area contributed by atoms with Crippen LogP contribution in [0.4, 0.5) is 10.2 Å². The second-order valence-electron chi connectivity index (χ2n) is 24.3. The van der Waals surface area contributed by atoms with Crippen LogP contribution in [-0.4, -0.2) is 202 Å². The highest BCUT2D eigenvalue weighted by Crippen LogP contribution is 2.43. The van der Waals surface area contributed by atoms with Gasteiger partial charge in [-0.3, -0.25) is 33.9 Å². The second-order valence-corrected chi connectivity index (χ2v) is 25.6. The summed E-state index contributed by atoms with van der Waals surface area (Å²) in [5.41, 5.74) is 4.63. The molecule has 0 aliphatic carbocycles. The number of hydrogen-bond donors (Lipinski definition) is 4. The molecule has 0 unspecified atom stereocenters. The van der Waals surface area contributed by atoms with Crippen molar-refractivity contribution in [1.29, 1.82) is 0 Å². The predicted octanol–water partition coefficient (Wildman–Crippen LogP) is 7.70. The smallest absolute Gasteiger partial charge is 0.319 e. The predicted molar refractivity (Wildman–Crippen MR) is 335 cm³/mol. The maximum Gasteiger partial charge on any atom is 0.319 e. The van der Waals surface area contributed by atoms with Crippen LogP contribution in [0.15, 0.2) is 84.9 Å². The first-order valence-corrected chi connectivity index (χ1v) is 31.1. The number of carbonyl (C=O) groups excluding carboxylic acids is 4. The lowest BCUT2D eigenvalue weighted by Crippen LogP contribution is -2.59. The topological polar surface area (TPSA) is 209 Å². The Balaban J connectivity index is 0.00000902. The molecule has 0 radical (unpaired) electrons. The highest BCUT2D eigenvalue weighted by molar-refractivity contribution is 7.13. The summed E-state index contributed by atoms with van der Waals surface area (Å²) in [4.78, 5) is 81.2. The van der Waals surface area contributed by atoms with E-state index in [1.54, 1.807) is 28.4 Å². The quantitative estimate of drug-likeness (QED) is 0.0573. The van der Waals surface area contributed by atoms with Crippen LogP contribution < -0.4 is 20.3 Å². The van der Waals surface area contributed by atoms with Crippen LogP contribution in [0.3, 0.4) is 0 Å². The standard InChI is InChI=1S/C64H79ClFN11O8S.H2/c1-8-54(81)75-25-27-76(28-26-75)60-50-34-51(65)55(49-32-45(78)31-44-11-9-10-12-48(44)49)56(66)57(50)70-63(71-60)85-39(2)35-74-23-21-72(22-24-74)29-30-84-47-17-19-73(20-18-47)37-53(80)69-59(64(5,6)7)62(83)77-36-46(79)33-52(77)61(82)68-40(3)42-13-15-43(16-14-42)58-41(4)67-38-86-58;/h8-16,31-32,34,38-40,46-47,52,59,78-79H,1,17-30,33,35-37H2,2-7H3,(H,68,82)(H,69,80);1H/t39-,40+,46-,52+,59-;/m1./s1. The van der Waals surface area contributed by atoms with Gasteiger partial charge < -0.3 is 45.0 Å². The zero-order valence-electron chi connectivity index (χ0n) is 49.9. The fourth-order valence-electron chi connectivity index (χ4n) is 12.3. The van der Waals surface area contributed by atoms with Gasteiger partial charge in [0.05, 0.1) is 52.5 Å². The van der Waals surface area contributed by atoms with Gasteiger partial charge in [0.25, 0.3) is 0 Å². The van der Waals surface area contributed by atoms with E-state index < -0.39 is 35.3 Å². The van der Waals surface area contributed by atoms with Gasteiger partial charge in [-0.2, -0.15) is 9.97 Å². The van der Waals surface area contributed by atoms with Crippen molar-refractivity contribution in [3.05, 3.63) is 107 Å². The zero-order valence-corrected chi connectivity index (χ0v) is 51.5. The van der Waals surface area contributed by atoms with E-state index in [2.05, 4.69) is 41.9 Å². The number of nitrogens with zero attached hydrogens (tertiary/aromatic N) is 9. The van der Waals surface area contributed by atoms with Crippen molar-refractivity contribution in [3.63, 3.8) is 0 Å². The molecule has 0 bridgehead atoms. The molecular weight excluding hydrogens is 1140 g/mol. The highest BCUT2D eigenvalue weighted by atomic mass is 35.5. The molecule has 5 atom stereocenters. The number of fused-ring (bicyclic) bond motifs is 2. The molecule has 4 saturated heterocycles. The van der Waals surface area contributed by atoms with E-state index in [4.69, 9.17) is 26.1 Å². The van der Waals surface area contributed by atoms with Crippen molar-refractivity contribution in [2.45, 2.75) is 97.2 Å². The van der Waals surface area contributed by atoms with Crippen LogP contribution in [0.2, 0.25) is 5.02 Å². The van der Waals surface area contributed by atoms with E-state index in [9.17, 15) is 29.4 Å². The van der Waals surface area contributed by atoms with E-state index in [1.165, 1.54) is 17.0 Å². The molecule has 4 aliphatic rings. The summed E-state index contributed by atoms with van der Waals surface area (Å²) in [7, 11) is 0. The second kappa shape index (κ2) is 27.0. The molecule has 22 heteroatoms. The Hall–Kier alpha value is -6.85. The number of anilines is 1. The number of phenolic OH excluding ortho intramolecular Hbond substituents is 1. The number of hydrogen-bond acceptors (Lipinski definition) is 16. The first-order chi connectivity index (χ1) is 41.2. The molecule has 4 aliphatic heterocycles. The number of rotatable bonds is 19. The van der Waals surface area contributed by atoms with Crippen molar-refractivity contribution in [3.8, 4) is 33.3 Å². The number of aromatic nitrogens is 3. The summed E-state index contributed by atoms with van der Waals surface area (Å²) >= 11 is 8.53. The Morgan fingerprint density at radius 1 is 0.907 bits per heavy atom. The zero-order chi connectivity index (χ0) is 61.0. The summed E-state index contributed by atoms with van der Waals surface area (Å²) < 4.78 is 30.0. The normalized spacial score (nSPS) is 19.6. The number of aryl methyl sites for hydroxylation is 1. The molecule has 6 heterocycles. The third-order valence-electron chi connectivity index (χ3n) is 17.0. The molecule has 0 saturated carbocycles. The lowest BCUT2D eigenvalue weighted by atomic mass is 9.85. The monoisotopic (exact) mass is 1220 g/mol. The molecule has 460 valence electrons. The van der Waals surface area contributed by atoms with Gasteiger partial charge in [-0.1, -0.05) is 87.5 Å². The minimum atomic E-state index is -0.923. The number of amides is 4. The van der Waals surface area contributed by atoms with Crippen molar-refractivity contribution < 1.29 is 44.7 Å². The fourth-order valence-corrected chi connectivity index (χ4v) is 13.4. The number of ether oxygens (including phenoxy) is 2. The van der Waals surface area contributed by atoms with Crippen LogP contribution >= 0.6 is 22.9 Å². The van der Waals surface area contributed by atoms with Gasteiger partial charge in [0.2, 0.25) is 23.6 Å². The molecule has 10 rings (SSSR count). The molecular formula is C64H81ClFN11O8S. The maximum atomic E-state index is 17.2. The molecule has 19 nitrogen and oxygen atoms in total. The molecule has 4 amide bonds. The van der Waals surface area contributed by atoms with Crippen LogP contribution in [0.1, 0.15) is 72.6 Å². The van der Waals surface area contributed by atoms with E-state index in [-0.39, 0.29) is 84.8 Å². The molecule has 2 aromatic heterocycles. The van der Waals surface area contributed by atoms with E-state index in [0.29, 0.717) is 69.2 Å². The minimum Gasteiger partial charge on any atom is -0.508 e. The van der Waals surface area contributed by atoms with Crippen LogP contribution in [0.25, 0.3) is 43.2 Å². The molecule has 0 spiro atoms. The number of carbonyl (C=O) groups is 4. The van der Waals surface area contributed by atoms with Gasteiger partial charge in [-0.25, -0.2) is 9.37 Å². The van der Waals surface area contributed by atoms with Gasteiger partial charge in [0.15, 0.2) is 5.82 Å². The largest absolute Gasteiger partial charge is 0.508 e. The molecule has 4 aromatic carbocycles. The number of aromatic hydroxyl groups is 1. The minimum absolute atomic E-state index is 0. The summed E-state index contributed by atoms with van der Waals surface area (Å²) in [6.07, 6.45) is 1.77. The number of aliphatic hydroxyl groups excluding tert-OH is 1. The van der Waals surface area contributed by atoms with Crippen molar-refractivity contribution >= 4 is 74.1 Å². The Morgan fingerprint density at radius 2 is 1.62 bits per heavy atom. The van der Waals surface area contributed by atoms with E-state index in [0.717, 1.165) is 78.0 Å². The number of phenols is 1. The van der Waals surface area contributed by atoms with Crippen LogP contribution in [0, 0.1) is 18.2 Å². The van der Waals surface area contributed by atoms with Gasteiger partial charge in [-0.15, -0.1) is 11.3 Å². The van der Waals surface area contributed by atoms with Gasteiger partial charge in [-0.05, 0) is 90.8 Å². The van der Waals surface area contributed by atoms with Gasteiger partial charge in [0, 0.05) is 104 Å². The van der Waals surface area contributed by atoms with Gasteiger partial charge >= 0.3 is 6.01 Å². The number of halogens is 2. The van der Waals surface area contributed by atoms with Crippen LogP contribution in [-0.2, 0) is 23.9 Å². The third-order valence-corrected chi connectivity index (χ3v) is 18.3. The van der Waals surface area contributed by atoms with E-state index >= 15 is 4.39 Å². The number of likely N-dealkylation sites (tertiary alicyclic amines) is 2.